The molecule has 12 heteroatoms. The largest absolute Gasteiger partial charge is 0.337 e. The van der Waals surface area contributed by atoms with Crippen LogP contribution in [0.1, 0.15) is 12.6 Å². The second-order valence-electron chi connectivity index (χ2n) is 6.04. The predicted octanol–water partition coefficient (Wildman–Crippen LogP) is 4.32. The number of nitrogens with one attached hydrogen (secondary N) is 2. The van der Waals surface area contributed by atoms with Gasteiger partial charge in [-0.3, -0.25) is 9.71 Å². The van der Waals surface area contributed by atoms with Crippen molar-refractivity contribution in [3.63, 3.8) is 0 Å². The van der Waals surface area contributed by atoms with Gasteiger partial charge in [-0.05, 0) is 39.7 Å². The minimum atomic E-state index is -3.56. The number of benzene rings is 1. The Bertz CT molecular complexity index is 1150. The third kappa shape index (κ3) is 5.39. The summed E-state index contributed by atoms with van der Waals surface area (Å²) in [6.45, 7) is 2.08. The Hall–Kier alpha value is -1.31. The molecule has 28 heavy (non-hydrogen) atoms. The molecule has 2 N–H and O–H groups in total. The van der Waals surface area contributed by atoms with E-state index in [2.05, 4.69) is 75.4 Å². The van der Waals surface area contributed by atoms with Gasteiger partial charge in [-0.25, -0.2) is 18.4 Å². The quantitative estimate of drug-likeness (QED) is 0.248. The zero-order valence-corrected chi connectivity index (χ0v) is 20.1. The number of aromatic nitrogens is 4. The summed E-state index contributed by atoms with van der Waals surface area (Å²) >= 11 is 11.5. The van der Waals surface area contributed by atoms with E-state index in [1.165, 1.54) is 6.20 Å². The Kier molecular flexibility index (Phi) is 6.57. The van der Waals surface area contributed by atoms with Crippen molar-refractivity contribution in [3.8, 4) is 0 Å². The molecule has 0 radical (unpaired) electrons. The highest BCUT2D eigenvalue weighted by Crippen LogP contribution is 2.34. The van der Waals surface area contributed by atoms with Crippen molar-refractivity contribution >= 4 is 88.4 Å². The summed E-state index contributed by atoms with van der Waals surface area (Å²) in [6, 6.07) is 3.49. The lowest BCUT2D eigenvalue weighted by Gasteiger charge is -2.15. The molecule has 0 saturated carbocycles. The van der Waals surface area contributed by atoms with Gasteiger partial charge in [-0.1, -0.05) is 29.5 Å². The van der Waals surface area contributed by atoms with Gasteiger partial charge in [0.2, 0.25) is 15.3 Å². The summed E-state index contributed by atoms with van der Waals surface area (Å²) in [4.78, 5) is 17.1. The monoisotopic (exact) mass is 596 g/mol. The molecule has 1 unspecified atom stereocenters. The van der Waals surface area contributed by atoms with E-state index in [1.807, 2.05) is 0 Å². The van der Waals surface area contributed by atoms with Crippen LogP contribution in [-0.4, -0.2) is 38.5 Å². The molecule has 8 nitrogen and oxygen atoms in total. The van der Waals surface area contributed by atoms with Gasteiger partial charge in [0.15, 0.2) is 0 Å². The SMILES string of the molecule is CC(I)Cc1cnc2c(NS(C)(=O)=O)c(Nc3nc(Cl)ncc3Br)ccc2n1. The van der Waals surface area contributed by atoms with Crippen LogP contribution in [0.15, 0.2) is 29.0 Å². The number of halogens is 3. The van der Waals surface area contributed by atoms with Crippen molar-refractivity contribution in [3.05, 3.63) is 40.0 Å². The number of alkyl halides is 1. The smallest absolute Gasteiger partial charge is 0.229 e. The first-order valence-corrected chi connectivity index (χ1v) is 12.3. The van der Waals surface area contributed by atoms with Crippen LogP contribution in [0.5, 0.6) is 0 Å². The summed E-state index contributed by atoms with van der Waals surface area (Å²) in [5.74, 6) is 0.388. The van der Waals surface area contributed by atoms with E-state index < -0.39 is 10.0 Å². The second-order valence-corrected chi connectivity index (χ2v) is 11.1. The van der Waals surface area contributed by atoms with Crippen LogP contribution in [-0.2, 0) is 16.4 Å². The number of hydrogen-bond donors (Lipinski definition) is 2. The Morgan fingerprint density at radius 1 is 1.25 bits per heavy atom. The van der Waals surface area contributed by atoms with Crippen LogP contribution in [0.3, 0.4) is 0 Å². The van der Waals surface area contributed by atoms with Crippen LogP contribution < -0.4 is 10.0 Å². The summed E-state index contributed by atoms with van der Waals surface area (Å²) in [6.07, 6.45) is 5.00. The number of fused-ring (bicyclic) bond motifs is 1. The molecule has 148 valence electrons. The van der Waals surface area contributed by atoms with Crippen LogP contribution in [0.2, 0.25) is 5.28 Å². The van der Waals surface area contributed by atoms with Crippen molar-refractivity contribution in [1.29, 1.82) is 0 Å². The number of nitrogens with zero attached hydrogens (tertiary/aromatic N) is 4. The molecule has 0 bridgehead atoms. The third-order valence-electron chi connectivity index (χ3n) is 3.51. The standard InChI is InChI=1S/C16H15BrClIN6O2S/c1-8(19)5-9-6-20-13-11(22-9)3-4-12(14(13)25-28(2,26)27)23-15-10(17)7-21-16(18)24-15/h3-4,6-8,25H,5H2,1-2H3,(H,21,23,24). The van der Waals surface area contributed by atoms with E-state index >= 15 is 0 Å². The fourth-order valence-electron chi connectivity index (χ4n) is 2.46. The van der Waals surface area contributed by atoms with Crippen LogP contribution in [0.25, 0.3) is 11.0 Å². The first kappa shape index (κ1) is 21.4. The van der Waals surface area contributed by atoms with Crippen molar-refractivity contribution in [2.45, 2.75) is 17.3 Å². The molecular weight excluding hydrogens is 583 g/mol. The van der Waals surface area contributed by atoms with Crippen LogP contribution in [0.4, 0.5) is 17.2 Å². The Balaban J connectivity index is 2.13. The number of sulfonamides is 1. The van der Waals surface area contributed by atoms with E-state index in [4.69, 9.17) is 11.6 Å². The van der Waals surface area contributed by atoms with Crippen LogP contribution >= 0.6 is 50.1 Å². The predicted molar refractivity (Wildman–Crippen MR) is 123 cm³/mol. The summed E-state index contributed by atoms with van der Waals surface area (Å²) in [5, 5.41) is 3.12. The molecule has 0 aliphatic carbocycles. The average Bonchev–Trinajstić information content (AvgIpc) is 2.58. The van der Waals surface area contributed by atoms with Crippen molar-refractivity contribution in [2.75, 3.05) is 16.3 Å². The normalized spacial score (nSPS) is 12.8. The Morgan fingerprint density at radius 2 is 2.00 bits per heavy atom. The summed E-state index contributed by atoms with van der Waals surface area (Å²) < 4.78 is 27.4. The molecule has 1 aromatic carbocycles. The highest BCUT2D eigenvalue weighted by atomic mass is 127. The fourth-order valence-corrected chi connectivity index (χ4v) is 3.92. The molecule has 0 saturated heterocycles. The zero-order chi connectivity index (χ0) is 20.5. The van der Waals surface area contributed by atoms with Crippen molar-refractivity contribution in [2.24, 2.45) is 0 Å². The maximum Gasteiger partial charge on any atom is 0.229 e. The molecule has 2 aromatic heterocycles. The van der Waals surface area contributed by atoms with Crippen molar-refractivity contribution in [1.82, 2.24) is 19.9 Å². The van der Waals surface area contributed by atoms with Gasteiger partial charge in [0.05, 0.1) is 33.3 Å². The van der Waals surface area contributed by atoms with E-state index in [0.29, 0.717) is 30.9 Å². The van der Waals surface area contributed by atoms with E-state index in [1.54, 1.807) is 18.3 Å². The second kappa shape index (κ2) is 8.59. The lowest BCUT2D eigenvalue weighted by atomic mass is 10.2. The first-order valence-electron chi connectivity index (χ1n) is 7.98. The minimum Gasteiger partial charge on any atom is -0.337 e. The van der Waals surface area contributed by atoms with Gasteiger partial charge in [-0.15, -0.1) is 0 Å². The lowest BCUT2D eigenvalue weighted by molar-refractivity contribution is 0.607. The highest BCUT2D eigenvalue weighted by Gasteiger charge is 2.16. The van der Waals surface area contributed by atoms with E-state index in [9.17, 15) is 8.42 Å². The number of hydrogen-bond acceptors (Lipinski definition) is 7. The zero-order valence-electron chi connectivity index (χ0n) is 14.7. The molecule has 0 aliphatic rings. The molecular formula is C16H15BrClIN6O2S. The van der Waals surface area contributed by atoms with Gasteiger partial charge in [0, 0.05) is 22.7 Å². The molecule has 0 amide bonds. The first-order chi connectivity index (χ1) is 13.1. The Labute approximate surface area is 189 Å². The topological polar surface area (TPSA) is 110 Å². The molecule has 3 rings (SSSR count). The molecule has 0 spiro atoms. The summed E-state index contributed by atoms with van der Waals surface area (Å²) in [5.41, 5.74) is 2.59. The van der Waals surface area contributed by atoms with E-state index in [0.717, 1.165) is 18.4 Å². The van der Waals surface area contributed by atoms with E-state index in [-0.39, 0.29) is 11.0 Å². The van der Waals surface area contributed by atoms with Gasteiger partial charge >= 0.3 is 0 Å². The maximum absolute atomic E-state index is 11.9. The molecule has 3 aromatic rings. The Morgan fingerprint density at radius 3 is 2.68 bits per heavy atom. The number of rotatable bonds is 6. The van der Waals surface area contributed by atoms with Gasteiger partial charge in [0.1, 0.15) is 11.3 Å². The lowest BCUT2D eigenvalue weighted by Crippen LogP contribution is -2.13. The fraction of sp³-hybridized carbons (Fsp3) is 0.250. The molecule has 0 fully saturated rings. The maximum atomic E-state index is 11.9. The van der Waals surface area contributed by atoms with Crippen molar-refractivity contribution < 1.29 is 8.42 Å². The highest BCUT2D eigenvalue weighted by molar-refractivity contribution is 14.1. The third-order valence-corrected chi connectivity index (χ3v) is 5.29. The number of anilines is 3. The molecule has 1 atom stereocenters. The van der Waals surface area contributed by atoms with Gasteiger partial charge in [-0.2, -0.15) is 4.98 Å². The molecule has 0 aliphatic heterocycles. The van der Waals surface area contributed by atoms with Gasteiger partial charge in [0.25, 0.3) is 0 Å². The molecule has 2 heterocycles. The van der Waals surface area contributed by atoms with Gasteiger partial charge < -0.3 is 5.32 Å². The average molecular weight is 598 g/mol. The minimum absolute atomic E-state index is 0.0569. The summed E-state index contributed by atoms with van der Waals surface area (Å²) in [7, 11) is -3.56. The van der Waals surface area contributed by atoms with Crippen LogP contribution in [0, 0.1) is 0 Å².